The van der Waals surface area contributed by atoms with Gasteiger partial charge in [0.1, 0.15) is 5.82 Å². The van der Waals surface area contributed by atoms with Crippen LogP contribution in [0.25, 0.3) is 0 Å². The van der Waals surface area contributed by atoms with Gasteiger partial charge in [-0.05, 0) is 31.2 Å². The third-order valence-corrected chi connectivity index (χ3v) is 2.40. The lowest BCUT2D eigenvalue weighted by molar-refractivity contribution is 0.611. The van der Waals surface area contributed by atoms with Crippen LogP contribution in [0.1, 0.15) is 17.2 Å². The molecule has 1 atom stereocenters. The molecule has 13 heavy (non-hydrogen) atoms. The molecule has 1 N–H and O–H groups in total. The highest BCUT2D eigenvalue weighted by atomic mass is 35.5. The van der Waals surface area contributed by atoms with Crippen molar-refractivity contribution >= 4 is 11.6 Å². The summed E-state index contributed by atoms with van der Waals surface area (Å²) in [6, 6.07) is 5.15. The first kappa shape index (κ1) is 10.5. The second-order valence-corrected chi connectivity index (χ2v) is 3.31. The molecule has 3 heteroatoms. The lowest BCUT2D eigenvalue weighted by atomic mass is 10.1. The van der Waals surface area contributed by atoms with Crippen LogP contribution in [-0.2, 0) is 0 Å². The molecule has 72 valence electrons. The highest BCUT2D eigenvalue weighted by Crippen LogP contribution is 2.17. The molecule has 0 saturated carbocycles. The van der Waals surface area contributed by atoms with Crippen molar-refractivity contribution in [2.75, 3.05) is 12.9 Å². The van der Waals surface area contributed by atoms with E-state index in [-0.39, 0.29) is 11.9 Å². The zero-order valence-electron chi connectivity index (χ0n) is 7.77. The van der Waals surface area contributed by atoms with Crippen molar-refractivity contribution in [3.63, 3.8) is 0 Å². The number of rotatable bonds is 3. The summed E-state index contributed by atoms with van der Waals surface area (Å²) >= 11 is 5.74. The summed E-state index contributed by atoms with van der Waals surface area (Å²) in [6.45, 7) is 1.75. The molecule has 0 bridgehead atoms. The quantitative estimate of drug-likeness (QED) is 0.742. The fourth-order valence-corrected chi connectivity index (χ4v) is 1.55. The molecule has 0 radical (unpaired) electrons. The van der Waals surface area contributed by atoms with Gasteiger partial charge in [-0.2, -0.15) is 0 Å². The van der Waals surface area contributed by atoms with Crippen molar-refractivity contribution < 1.29 is 4.39 Å². The Morgan fingerprint density at radius 1 is 1.54 bits per heavy atom. The van der Waals surface area contributed by atoms with Crippen LogP contribution in [-0.4, -0.2) is 12.9 Å². The Balaban J connectivity index is 2.95. The zero-order chi connectivity index (χ0) is 9.84. The fraction of sp³-hybridized carbons (Fsp3) is 0.400. The van der Waals surface area contributed by atoms with E-state index < -0.39 is 0 Å². The molecular formula is C10H13ClFN. The molecule has 1 aromatic rings. The SMILES string of the molecule is CNC(CCl)c1ccc(F)c(C)c1. The Morgan fingerprint density at radius 3 is 2.69 bits per heavy atom. The number of benzene rings is 1. The van der Waals surface area contributed by atoms with E-state index in [1.54, 1.807) is 13.0 Å². The minimum absolute atomic E-state index is 0.0981. The molecule has 0 amide bonds. The van der Waals surface area contributed by atoms with Gasteiger partial charge in [0, 0.05) is 11.9 Å². The van der Waals surface area contributed by atoms with Gasteiger partial charge in [0.2, 0.25) is 0 Å². The van der Waals surface area contributed by atoms with E-state index in [2.05, 4.69) is 5.32 Å². The maximum absolute atomic E-state index is 12.9. The number of nitrogens with one attached hydrogen (secondary N) is 1. The standard InChI is InChI=1S/C10H13ClFN/c1-7-5-8(3-4-9(7)12)10(6-11)13-2/h3-5,10,13H,6H2,1-2H3. The Kier molecular flexibility index (Phi) is 3.70. The molecule has 0 aromatic heterocycles. The lowest BCUT2D eigenvalue weighted by Gasteiger charge is -2.13. The molecule has 1 nitrogen and oxygen atoms in total. The highest BCUT2D eigenvalue weighted by molar-refractivity contribution is 6.18. The smallest absolute Gasteiger partial charge is 0.126 e. The van der Waals surface area contributed by atoms with Crippen LogP contribution in [0.3, 0.4) is 0 Å². The monoisotopic (exact) mass is 201 g/mol. The van der Waals surface area contributed by atoms with Crippen molar-refractivity contribution in [1.82, 2.24) is 5.32 Å². The first-order valence-electron chi connectivity index (χ1n) is 4.18. The van der Waals surface area contributed by atoms with Crippen LogP contribution >= 0.6 is 11.6 Å². The van der Waals surface area contributed by atoms with Gasteiger partial charge >= 0.3 is 0 Å². The first-order chi connectivity index (χ1) is 6.19. The van der Waals surface area contributed by atoms with Crippen LogP contribution in [0, 0.1) is 12.7 Å². The largest absolute Gasteiger partial charge is 0.312 e. The molecule has 0 saturated heterocycles. The van der Waals surface area contributed by atoms with Gasteiger partial charge in [-0.15, -0.1) is 11.6 Å². The maximum atomic E-state index is 12.9. The summed E-state index contributed by atoms with van der Waals surface area (Å²) in [7, 11) is 1.84. The van der Waals surface area contributed by atoms with E-state index in [1.807, 2.05) is 13.1 Å². The van der Waals surface area contributed by atoms with E-state index in [4.69, 9.17) is 11.6 Å². The molecule has 0 aliphatic heterocycles. The second kappa shape index (κ2) is 4.58. The van der Waals surface area contributed by atoms with Crippen molar-refractivity contribution in [1.29, 1.82) is 0 Å². The highest BCUT2D eigenvalue weighted by Gasteiger charge is 2.08. The Morgan fingerprint density at radius 2 is 2.23 bits per heavy atom. The van der Waals surface area contributed by atoms with E-state index >= 15 is 0 Å². The minimum Gasteiger partial charge on any atom is -0.312 e. The molecule has 0 aliphatic carbocycles. The lowest BCUT2D eigenvalue weighted by Crippen LogP contribution is -2.17. The third kappa shape index (κ3) is 2.42. The first-order valence-corrected chi connectivity index (χ1v) is 4.71. The number of aryl methyl sites for hydroxylation is 1. The minimum atomic E-state index is -0.173. The second-order valence-electron chi connectivity index (χ2n) is 3.00. The van der Waals surface area contributed by atoms with E-state index in [0.717, 1.165) is 5.56 Å². The molecule has 1 unspecified atom stereocenters. The topological polar surface area (TPSA) is 12.0 Å². The number of hydrogen-bond donors (Lipinski definition) is 1. The van der Waals surface area contributed by atoms with Gasteiger partial charge in [0.25, 0.3) is 0 Å². The normalized spacial score (nSPS) is 12.9. The average Bonchev–Trinajstić information content (AvgIpc) is 2.13. The van der Waals surface area contributed by atoms with Gasteiger partial charge < -0.3 is 5.32 Å². The zero-order valence-corrected chi connectivity index (χ0v) is 8.53. The van der Waals surface area contributed by atoms with Crippen LogP contribution in [0.15, 0.2) is 18.2 Å². The van der Waals surface area contributed by atoms with Gasteiger partial charge in [-0.1, -0.05) is 12.1 Å². The van der Waals surface area contributed by atoms with Gasteiger partial charge in [0.15, 0.2) is 0 Å². The molecule has 1 aromatic carbocycles. The summed E-state index contributed by atoms with van der Waals surface area (Å²) in [4.78, 5) is 0. The van der Waals surface area contributed by atoms with Gasteiger partial charge in [-0.3, -0.25) is 0 Å². The van der Waals surface area contributed by atoms with Crippen LogP contribution in [0.2, 0.25) is 0 Å². The van der Waals surface area contributed by atoms with Crippen molar-refractivity contribution in [3.05, 3.63) is 35.1 Å². The predicted octanol–water partition coefficient (Wildman–Crippen LogP) is 2.63. The molecule has 0 aliphatic rings. The Labute approximate surface area is 82.9 Å². The number of halogens is 2. The van der Waals surface area contributed by atoms with Crippen LogP contribution < -0.4 is 5.32 Å². The number of hydrogen-bond acceptors (Lipinski definition) is 1. The summed E-state index contributed by atoms with van der Waals surface area (Å²) in [6.07, 6.45) is 0. The molecule has 0 spiro atoms. The van der Waals surface area contributed by atoms with E-state index in [9.17, 15) is 4.39 Å². The summed E-state index contributed by atoms with van der Waals surface area (Å²) < 4.78 is 12.9. The molecule has 1 rings (SSSR count). The summed E-state index contributed by atoms with van der Waals surface area (Å²) in [5, 5.41) is 3.06. The van der Waals surface area contributed by atoms with E-state index in [0.29, 0.717) is 11.4 Å². The van der Waals surface area contributed by atoms with Crippen LogP contribution in [0.4, 0.5) is 4.39 Å². The van der Waals surface area contributed by atoms with Gasteiger partial charge in [0.05, 0.1) is 0 Å². The number of alkyl halides is 1. The molecular weight excluding hydrogens is 189 g/mol. The Hall–Kier alpha value is -0.600. The molecule has 0 heterocycles. The van der Waals surface area contributed by atoms with Gasteiger partial charge in [-0.25, -0.2) is 4.39 Å². The fourth-order valence-electron chi connectivity index (χ4n) is 1.22. The third-order valence-electron chi connectivity index (χ3n) is 2.09. The van der Waals surface area contributed by atoms with Crippen molar-refractivity contribution in [2.24, 2.45) is 0 Å². The van der Waals surface area contributed by atoms with E-state index in [1.165, 1.54) is 6.07 Å². The average molecular weight is 202 g/mol. The maximum Gasteiger partial charge on any atom is 0.126 e. The Bertz CT molecular complexity index is 284. The molecule has 0 fully saturated rings. The summed E-state index contributed by atoms with van der Waals surface area (Å²) in [5.41, 5.74) is 1.68. The van der Waals surface area contributed by atoms with Crippen molar-refractivity contribution in [3.8, 4) is 0 Å². The van der Waals surface area contributed by atoms with Crippen LogP contribution in [0.5, 0.6) is 0 Å². The predicted molar refractivity (Wildman–Crippen MR) is 53.7 cm³/mol. The summed E-state index contributed by atoms with van der Waals surface area (Å²) in [5.74, 6) is 0.315. The van der Waals surface area contributed by atoms with Crippen molar-refractivity contribution in [2.45, 2.75) is 13.0 Å².